The van der Waals surface area contributed by atoms with Crippen molar-refractivity contribution < 1.29 is 19.1 Å². The molecule has 0 radical (unpaired) electrons. The van der Waals surface area contributed by atoms with Gasteiger partial charge in [-0.2, -0.15) is 0 Å². The fraction of sp³-hybridized carbons (Fsp3) is 0.348. The van der Waals surface area contributed by atoms with Crippen LogP contribution < -0.4 is 5.32 Å². The Morgan fingerprint density at radius 2 is 1.50 bits per heavy atom. The van der Waals surface area contributed by atoms with Gasteiger partial charge in [0, 0.05) is 35.7 Å². The van der Waals surface area contributed by atoms with Crippen molar-refractivity contribution in [2.75, 3.05) is 31.6 Å². The maximum absolute atomic E-state index is 12.1. The summed E-state index contributed by atoms with van der Waals surface area (Å²) in [6.07, 6.45) is 0.168. The first-order valence-corrected chi connectivity index (χ1v) is 10.4. The average Bonchev–Trinajstić information content (AvgIpc) is 2.76. The normalized spacial score (nSPS) is 10.7. The van der Waals surface area contributed by atoms with E-state index in [1.165, 1.54) is 0 Å². The summed E-state index contributed by atoms with van der Waals surface area (Å²) < 4.78 is 5.28. The number of amides is 1. The topological polar surface area (TPSA) is 75.7 Å². The SMILES string of the molecule is CCN(CC)CCOC(=O)c1ccc(NC(=O)CCC(=O)c2ccc(Cl)cc2)cc1. The Hall–Kier alpha value is -2.70. The van der Waals surface area contributed by atoms with Crippen LogP contribution in [0.4, 0.5) is 5.69 Å². The van der Waals surface area contributed by atoms with E-state index in [9.17, 15) is 14.4 Å². The van der Waals surface area contributed by atoms with E-state index in [-0.39, 0.29) is 24.5 Å². The van der Waals surface area contributed by atoms with Gasteiger partial charge in [0.25, 0.3) is 0 Å². The van der Waals surface area contributed by atoms with Gasteiger partial charge in [0.2, 0.25) is 5.91 Å². The number of ketones is 1. The predicted molar refractivity (Wildman–Crippen MR) is 118 cm³/mol. The van der Waals surface area contributed by atoms with Crippen molar-refractivity contribution in [2.24, 2.45) is 0 Å². The lowest BCUT2D eigenvalue weighted by Gasteiger charge is -2.17. The number of carbonyl (C=O) groups excluding carboxylic acids is 3. The molecule has 0 bridgehead atoms. The van der Waals surface area contributed by atoms with E-state index in [0.717, 1.165) is 13.1 Å². The molecule has 0 saturated heterocycles. The maximum atomic E-state index is 12.1. The van der Waals surface area contributed by atoms with E-state index in [2.05, 4.69) is 24.1 Å². The van der Waals surface area contributed by atoms with Crippen molar-refractivity contribution >= 4 is 34.9 Å². The number of rotatable bonds is 11. The van der Waals surface area contributed by atoms with Crippen LogP contribution in [0.1, 0.15) is 47.4 Å². The van der Waals surface area contributed by atoms with Crippen LogP contribution in [-0.4, -0.2) is 48.8 Å². The van der Waals surface area contributed by atoms with Gasteiger partial charge in [-0.05, 0) is 61.6 Å². The van der Waals surface area contributed by atoms with Gasteiger partial charge < -0.3 is 15.0 Å². The monoisotopic (exact) mass is 430 g/mol. The standard InChI is InChI=1S/C23H27ClN2O4/c1-3-26(4-2)15-16-30-23(29)18-7-11-20(12-8-18)25-22(28)14-13-21(27)17-5-9-19(24)10-6-17/h5-12H,3-4,13-16H2,1-2H3,(H,25,28). The molecule has 0 aliphatic heterocycles. The number of halogens is 1. The summed E-state index contributed by atoms with van der Waals surface area (Å²) in [5.74, 6) is -0.787. The molecule has 6 nitrogen and oxygen atoms in total. The van der Waals surface area contributed by atoms with Gasteiger partial charge in [0.1, 0.15) is 6.61 Å². The zero-order valence-electron chi connectivity index (χ0n) is 17.3. The maximum Gasteiger partial charge on any atom is 0.338 e. The molecule has 0 unspecified atom stereocenters. The van der Waals surface area contributed by atoms with Crippen molar-refractivity contribution in [1.29, 1.82) is 0 Å². The van der Waals surface area contributed by atoms with Gasteiger partial charge in [-0.3, -0.25) is 9.59 Å². The Balaban J connectivity index is 1.77. The van der Waals surface area contributed by atoms with Crippen LogP contribution in [0.25, 0.3) is 0 Å². The first-order chi connectivity index (χ1) is 14.4. The van der Waals surface area contributed by atoms with Crippen LogP contribution in [0.15, 0.2) is 48.5 Å². The van der Waals surface area contributed by atoms with Gasteiger partial charge >= 0.3 is 5.97 Å². The third-order valence-corrected chi connectivity index (χ3v) is 4.94. The third kappa shape index (κ3) is 7.61. The van der Waals surface area contributed by atoms with Crippen molar-refractivity contribution in [1.82, 2.24) is 4.90 Å². The van der Waals surface area contributed by atoms with Crippen LogP contribution in [0.3, 0.4) is 0 Å². The molecule has 1 amide bonds. The summed E-state index contributed by atoms with van der Waals surface area (Å²) in [6.45, 7) is 6.97. The second kappa shape index (κ2) is 12.1. The Bertz CT molecular complexity index is 847. The van der Waals surface area contributed by atoms with E-state index >= 15 is 0 Å². The van der Waals surface area contributed by atoms with E-state index in [4.69, 9.17) is 16.3 Å². The zero-order chi connectivity index (χ0) is 21.9. The molecular formula is C23H27ClN2O4. The van der Waals surface area contributed by atoms with Gasteiger partial charge in [-0.15, -0.1) is 0 Å². The molecule has 2 aromatic rings. The van der Waals surface area contributed by atoms with E-state index in [1.807, 2.05) is 0 Å². The Labute approximate surface area is 182 Å². The fourth-order valence-corrected chi connectivity index (χ4v) is 2.94. The summed E-state index contributed by atoms with van der Waals surface area (Å²) >= 11 is 5.81. The number of hydrogen-bond acceptors (Lipinski definition) is 5. The minimum atomic E-state index is -0.395. The van der Waals surface area contributed by atoms with Crippen molar-refractivity contribution in [3.05, 3.63) is 64.7 Å². The van der Waals surface area contributed by atoms with E-state index < -0.39 is 5.97 Å². The van der Waals surface area contributed by atoms with Gasteiger partial charge in [-0.1, -0.05) is 25.4 Å². The van der Waals surface area contributed by atoms with Crippen LogP contribution >= 0.6 is 11.6 Å². The Morgan fingerprint density at radius 1 is 0.900 bits per heavy atom. The predicted octanol–water partition coefficient (Wildman–Crippen LogP) is 4.44. The number of anilines is 1. The molecule has 2 aromatic carbocycles. The molecule has 0 atom stereocenters. The number of Topliss-reactive ketones (excluding diaryl/α,β-unsaturated/α-hetero) is 1. The molecular weight excluding hydrogens is 404 g/mol. The number of carbonyl (C=O) groups is 3. The van der Waals surface area contributed by atoms with Crippen molar-refractivity contribution in [3.8, 4) is 0 Å². The van der Waals surface area contributed by atoms with Crippen molar-refractivity contribution in [2.45, 2.75) is 26.7 Å². The zero-order valence-corrected chi connectivity index (χ0v) is 18.1. The molecule has 0 heterocycles. The largest absolute Gasteiger partial charge is 0.461 e. The number of nitrogens with one attached hydrogen (secondary N) is 1. The molecule has 2 rings (SSSR count). The second-order valence-corrected chi connectivity index (χ2v) is 7.15. The fourth-order valence-electron chi connectivity index (χ4n) is 2.81. The highest BCUT2D eigenvalue weighted by Crippen LogP contribution is 2.14. The highest BCUT2D eigenvalue weighted by Gasteiger charge is 2.11. The first-order valence-electron chi connectivity index (χ1n) is 10.0. The molecule has 0 spiro atoms. The van der Waals surface area contributed by atoms with Crippen LogP contribution in [0.2, 0.25) is 5.02 Å². The number of ether oxygens (including phenoxy) is 1. The van der Waals surface area contributed by atoms with Crippen LogP contribution in [-0.2, 0) is 9.53 Å². The summed E-state index contributed by atoms with van der Waals surface area (Å²) in [5, 5.41) is 3.28. The summed E-state index contributed by atoms with van der Waals surface area (Å²) in [5.41, 5.74) is 1.50. The summed E-state index contributed by atoms with van der Waals surface area (Å²) in [4.78, 5) is 38.5. The lowest BCUT2D eigenvalue weighted by molar-refractivity contribution is -0.116. The van der Waals surface area contributed by atoms with Crippen LogP contribution in [0.5, 0.6) is 0 Å². The number of hydrogen-bond donors (Lipinski definition) is 1. The Kier molecular flexibility index (Phi) is 9.51. The molecule has 0 fully saturated rings. The molecule has 0 aliphatic rings. The number of likely N-dealkylation sites (N-methyl/N-ethyl adjacent to an activating group) is 1. The molecule has 0 aromatic heterocycles. The summed E-state index contributed by atoms with van der Waals surface area (Å²) in [6, 6.07) is 13.1. The quantitative estimate of drug-likeness (QED) is 0.421. The molecule has 0 aliphatic carbocycles. The molecule has 30 heavy (non-hydrogen) atoms. The third-order valence-electron chi connectivity index (χ3n) is 4.68. The highest BCUT2D eigenvalue weighted by molar-refractivity contribution is 6.30. The van der Waals surface area contributed by atoms with Gasteiger partial charge in [0.05, 0.1) is 5.56 Å². The van der Waals surface area contributed by atoms with E-state index in [0.29, 0.717) is 35.0 Å². The molecule has 0 saturated carbocycles. The lowest BCUT2D eigenvalue weighted by atomic mass is 10.1. The lowest BCUT2D eigenvalue weighted by Crippen LogP contribution is -2.27. The number of nitrogens with zero attached hydrogens (tertiary/aromatic N) is 1. The van der Waals surface area contributed by atoms with E-state index in [1.54, 1.807) is 48.5 Å². The molecule has 7 heteroatoms. The summed E-state index contributed by atoms with van der Waals surface area (Å²) in [7, 11) is 0. The van der Waals surface area contributed by atoms with Crippen molar-refractivity contribution in [3.63, 3.8) is 0 Å². The van der Waals surface area contributed by atoms with Gasteiger partial charge in [0.15, 0.2) is 5.78 Å². The minimum absolute atomic E-state index is 0.0661. The average molecular weight is 431 g/mol. The highest BCUT2D eigenvalue weighted by atomic mass is 35.5. The molecule has 160 valence electrons. The Morgan fingerprint density at radius 3 is 2.10 bits per heavy atom. The first kappa shape index (κ1) is 23.6. The second-order valence-electron chi connectivity index (χ2n) is 6.72. The smallest absolute Gasteiger partial charge is 0.338 e. The van der Waals surface area contributed by atoms with Crippen LogP contribution in [0, 0.1) is 0 Å². The van der Waals surface area contributed by atoms with Gasteiger partial charge in [-0.25, -0.2) is 4.79 Å². The number of benzene rings is 2. The molecule has 1 N–H and O–H groups in total. The number of esters is 1. The minimum Gasteiger partial charge on any atom is -0.461 e.